The zero-order valence-electron chi connectivity index (χ0n) is 11.3. The van der Waals surface area contributed by atoms with E-state index in [1.54, 1.807) is 24.1 Å². The average molecular weight is 285 g/mol. The van der Waals surface area contributed by atoms with E-state index in [9.17, 15) is 4.79 Å². The predicted molar refractivity (Wildman–Crippen MR) is 84.0 cm³/mol. The van der Waals surface area contributed by atoms with Crippen LogP contribution in [0.25, 0.3) is 0 Å². The number of pyridine rings is 1. The monoisotopic (exact) mass is 285 g/mol. The van der Waals surface area contributed by atoms with E-state index in [2.05, 4.69) is 4.98 Å². The average Bonchev–Trinajstić information content (AvgIpc) is 2.46. The van der Waals surface area contributed by atoms with Crippen LogP contribution in [0, 0.1) is 6.92 Å². The van der Waals surface area contributed by atoms with Crippen molar-refractivity contribution in [2.75, 3.05) is 11.9 Å². The van der Waals surface area contributed by atoms with Gasteiger partial charge >= 0.3 is 0 Å². The Morgan fingerprint density at radius 2 is 2.05 bits per heavy atom. The first kappa shape index (κ1) is 14.1. The second-order valence-corrected chi connectivity index (χ2v) is 4.94. The molecule has 1 aromatic heterocycles. The number of carbonyl (C=O) groups excluding carboxylic acids is 1. The lowest BCUT2D eigenvalue weighted by Gasteiger charge is -2.17. The van der Waals surface area contributed by atoms with Crippen LogP contribution in [0.15, 0.2) is 42.6 Å². The smallest absolute Gasteiger partial charge is 0.276 e. The van der Waals surface area contributed by atoms with Gasteiger partial charge in [-0.1, -0.05) is 24.4 Å². The summed E-state index contributed by atoms with van der Waals surface area (Å²) in [7, 11) is 1.72. The number of aryl methyl sites for hydroxylation is 1. The van der Waals surface area contributed by atoms with Crippen LogP contribution >= 0.6 is 12.2 Å². The molecular formula is C15H15N3OS. The van der Waals surface area contributed by atoms with E-state index >= 15 is 0 Å². The topological polar surface area (TPSA) is 59.2 Å². The molecule has 0 saturated carbocycles. The molecule has 102 valence electrons. The minimum absolute atomic E-state index is 0.176. The highest BCUT2D eigenvalue weighted by Gasteiger charge is 2.15. The molecule has 0 radical (unpaired) electrons. The van der Waals surface area contributed by atoms with Crippen LogP contribution in [0.4, 0.5) is 5.69 Å². The summed E-state index contributed by atoms with van der Waals surface area (Å²) in [5, 5.41) is 0. The molecule has 5 heteroatoms. The molecule has 1 heterocycles. The molecule has 0 bridgehead atoms. The fourth-order valence-electron chi connectivity index (χ4n) is 1.79. The molecule has 20 heavy (non-hydrogen) atoms. The van der Waals surface area contributed by atoms with Gasteiger partial charge in [0.05, 0.1) is 0 Å². The maximum absolute atomic E-state index is 12.3. The van der Waals surface area contributed by atoms with Crippen molar-refractivity contribution in [1.29, 1.82) is 0 Å². The zero-order valence-corrected chi connectivity index (χ0v) is 12.1. The third-order valence-electron chi connectivity index (χ3n) is 2.96. The van der Waals surface area contributed by atoms with Gasteiger partial charge in [0, 0.05) is 24.5 Å². The second-order valence-electron chi connectivity index (χ2n) is 4.50. The summed E-state index contributed by atoms with van der Waals surface area (Å²) < 4.78 is 0. The minimum atomic E-state index is -0.176. The molecule has 0 aliphatic rings. The van der Waals surface area contributed by atoms with Gasteiger partial charge < -0.3 is 10.6 Å². The van der Waals surface area contributed by atoms with Crippen molar-refractivity contribution >= 4 is 28.8 Å². The van der Waals surface area contributed by atoms with Crippen LogP contribution in [0.3, 0.4) is 0 Å². The Morgan fingerprint density at radius 1 is 1.30 bits per heavy atom. The fourth-order valence-corrected chi connectivity index (χ4v) is 1.91. The van der Waals surface area contributed by atoms with Crippen molar-refractivity contribution in [1.82, 2.24) is 4.98 Å². The van der Waals surface area contributed by atoms with Crippen molar-refractivity contribution in [3.8, 4) is 0 Å². The van der Waals surface area contributed by atoms with Crippen LogP contribution in [0.5, 0.6) is 0 Å². The highest BCUT2D eigenvalue weighted by Crippen LogP contribution is 2.16. The van der Waals surface area contributed by atoms with Gasteiger partial charge in [0.2, 0.25) is 0 Å². The molecule has 1 amide bonds. The van der Waals surface area contributed by atoms with Crippen LogP contribution in [-0.2, 0) is 0 Å². The van der Waals surface area contributed by atoms with Crippen LogP contribution in [0.1, 0.15) is 21.6 Å². The SMILES string of the molecule is Cc1cccc(N(C)C(=O)c2ccc(C(N)=S)cn2)c1. The predicted octanol–water partition coefficient (Wildman–Crippen LogP) is 2.30. The van der Waals surface area contributed by atoms with Gasteiger partial charge in [-0.25, -0.2) is 0 Å². The van der Waals surface area contributed by atoms with Crippen LogP contribution < -0.4 is 10.6 Å². The number of hydrogen-bond acceptors (Lipinski definition) is 3. The van der Waals surface area contributed by atoms with E-state index in [1.807, 2.05) is 31.2 Å². The molecule has 0 atom stereocenters. The van der Waals surface area contributed by atoms with E-state index in [1.165, 1.54) is 6.20 Å². The first-order valence-corrected chi connectivity index (χ1v) is 6.50. The molecule has 1 aromatic carbocycles. The zero-order chi connectivity index (χ0) is 14.7. The summed E-state index contributed by atoms with van der Waals surface area (Å²) in [4.78, 5) is 18.3. The summed E-state index contributed by atoms with van der Waals surface area (Å²) in [6.07, 6.45) is 1.51. The molecule has 0 saturated heterocycles. The Balaban J connectivity index is 2.24. The van der Waals surface area contributed by atoms with Crippen molar-refractivity contribution in [2.45, 2.75) is 6.92 Å². The maximum atomic E-state index is 12.3. The number of thiocarbonyl (C=S) groups is 1. The van der Waals surface area contributed by atoms with Gasteiger partial charge in [-0.3, -0.25) is 9.78 Å². The number of amides is 1. The largest absolute Gasteiger partial charge is 0.389 e. The molecule has 2 aromatic rings. The third-order valence-corrected chi connectivity index (χ3v) is 3.20. The number of rotatable bonds is 3. The van der Waals surface area contributed by atoms with Crippen LogP contribution in [-0.4, -0.2) is 22.9 Å². The number of anilines is 1. The first-order valence-electron chi connectivity index (χ1n) is 6.09. The van der Waals surface area contributed by atoms with Gasteiger partial charge in [-0.05, 0) is 36.8 Å². The van der Waals surface area contributed by atoms with Gasteiger partial charge in [0.15, 0.2) is 0 Å². The Kier molecular flexibility index (Phi) is 4.10. The van der Waals surface area contributed by atoms with Gasteiger partial charge in [-0.2, -0.15) is 0 Å². The van der Waals surface area contributed by atoms with Crippen LogP contribution in [0.2, 0.25) is 0 Å². The molecular weight excluding hydrogens is 270 g/mol. The molecule has 0 aliphatic heterocycles. The number of benzene rings is 1. The Labute approximate surface area is 123 Å². The van der Waals surface area contributed by atoms with E-state index < -0.39 is 0 Å². The third kappa shape index (κ3) is 3.00. The minimum Gasteiger partial charge on any atom is -0.389 e. The Morgan fingerprint density at radius 3 is 2.60 bits per heavy atom. The molecule has 0 spiro atoms. The summed E-state index contributed by atoms with van der Waals surface area (Å²) in [6, 6.07) is 11.1. The van der Waals surface area contributed by atoms with Crippen molar-refractivity contribution in [2.24, 2.45) is 5.73 Å². The van der Waals surface area contributed by atoms with E-state index in [0.717, 1.165) is 11.3 Å². The number of hydrogen-bond donors (Lipinski definition) is 1. The lowest BCUT2D eigenvalue weighted by atomic mass is 10.2. The van der Waals surface area contributed by atoms with Crippen molar-refractivity contribution in [3.63, 3.8) is 0 Å². The van der Waals surface area contributed by atoms with E-state index in [-0.39, 0.29) is 10.9 Å². The van der Waals surface area contributed by atoms with E-state index in [4.69, 9.17) is 18.0 Å². The first-order chi connectivity index (χ1) is 9.49. The van der Waals surface area contributed by atoms with Crippen molar-refractivity contribution < 1.29 is 4.79 Å². The Hall–Kier alpha value is -2.27. The summed E-state index contributed by atoms with van der Waals surface area (Å²) in [6.45, 7) is 1.98. The lowest BCUT2D eigenvalue weighted by molar-refractivity contribution is 0.0988. The molecule has 0 fully saturated rings. The summed E-state index contributed by atoms with van der Waals surface area (Å²) in [5.41, 5.74) is 8.43. The van der Waals surface area contributed by atoms with Gasteiger partial charge in [-0.15, -0.1) is 0 Å². The summed E-state index contributed by atoms with van der Waals surface area (Å²) in [5.74, 6) is -0.176. The molecule has 2 rings (SSSR count). The Bertz CT molecular complexity index is 652. The highest BCUT2D eigenvalue weighted by molar-refractivity contribution is 7.80. The molecule has 2 N–H and O–H groups in total. The number of nitrogens with zero attached hydrogens (tertiary/aromatic N) is 2. The number of nitrogens with two attached hydrogens (primary N) is 1. The summed E-state index contributed by atoms with van der Waals surface area (Å²) >= 11 is 4.86. The number of carbonyl (C=O) groups is 1. The fraction of sp³-hybridized carbons (Fsp3) is 0.133. The van der Waals surface area contributed by atoms with Crippen molar-refractivity contribution in [3.05, 3.63) is 59.4 Å². The van der Waals surface area contributed by atoms with Gasteiger partial charge in [0.1, 0.15) is 10.7 Å². The van der Waals surface area contributed by atoms with E-state index in [0.29, 0.717) is 11.3 Å². The maximum Gasteiger partial charge on any atom is 0.276 e. The quantitative estimate of drug-likeness (QED) is 0.879. The standard InChI is InChI=1S/C15H15N3OS/c1-10-4-3-5-12(8-10)18(2)15(19)13-7-6-11(9-17-13)14(16)20/h3-9H,1-2H3,(H2,16,20). The second kappa shape index (κ2) is 5.79. The molecule has 4 nitrogen and oxygen atoms in total. The highest BCUT2D eigenvalue weighted by atomic mass is 32.1. The normalized spacial score (nSPS) is 10.1. The molecule has 0 aliphatic carbocycles. The lowest BCUT2D eigenvalue weighted by Crippen LogP contribution is -2.27. The van der Waals surface area contributed by atoms with Gasteiger partial charge in [0.25, 0.3) is 5.91 Å². The number of aromatic nitrogens is 1. The molecule has 0 unspecified atom stereocenters.